The van der Waals surface area contributed by atoms with Crippen molar-refractivity contribution in [1.82, 2.24) is 0 Å². The molecular formula is C14H13BFNO4. The van der Waals surface area contributed by atoms with Gasteiger partial charge in [0.1, 0.15) is 11.6 Å². The third-order valence-electron chi connectivity index (χ3n) is 2.89. The molecule has 3 N–H and O–H groups in total. The van der Waals surface area contributed by atoms with Gasteiger partial charge in [-0.1, -0.05) is 6.07 Å². The fourth-order valence-corrected chi connectivity index (χ4v) is 1.76. The molecule has 0 saturated carbocycles. The molecule has 5 nitrogen and oxygen atoms in total. The summed E-state index contributed by atoms with van der Waals surface area (Å²) in [5.41, 5.74) is 0.330. The van der Waals surface area contributed by atoms with E-state index in [2.05, 4.69) is 5.32 Å². The SMILES string of the molecule is COc1ccc(NC(=O)c2ccc(B(O)O)c(F)c2)cc1. The van der Waals surface area contributed by atoms with E-state index in [1.807, 2.05) is 0 Å². The Kier molecular flexibility index (Phi) is 4.57. The Balaban J connectivity index is 2.14. The quantitative estimate of drug-likeness (QED) is 0.726. The molecule has 0 fully saturated rings. The maximum atomic E-state index is 13.6. The molecule has 0 aromatic heterocycles. The molecule has 2 aromatic carbocycles. The Morgan fingerprint density at radius 3 is 2.38 bits per heavy atom. The molecule has 7 heteroatoms. The smallest absolute Gasteiger partial charge is 0.491 e. The zero-order valence-corrected chi connectivity index (χ0v) is 11.2. The zero-order valence-electron chi connectivity index (χ0n) is 11.2. The molecule has 0 aliphatic carbocycles. The lowest BCUT2D eigenvalue weighted by Gasteiger charge is -2.08. The summed E-state index contributed by atoms with van der Waals surface area (Å²) < 4.78 is 18.6. The van der Waals surface area contributed by atoms with Crippen molar-refractivity contribution in [3.63, 3.8) is 0 Å². The first-order valence-corrected chi connectivity index (χ1v) is 6.12. The van der Waals surface area contributed by atoms with Crippen molar-refractivity contribution in [1.29, 1.82) is 0 Å². The van der Waals surface area contributed by atoms with Crippen molar-refractivity contribution >= 4 is 24.2 Å². The maximum absolute atomic E-state index is 13.6. The van der Waals surface area contributed by atoms with Crippen LogP contribution in [0, 0.1) is 5.82 Å². The molecule has 0 unspecified atom stereocenters. The summed E-state index contributed by atoms with van der Waals surface area (Å²) in [7, 11) is -0.378. The molecule has 1 amide bonds. The van der Waals surface area contributed by atoms with Crippen LogP contribution in [0.4, 0.5) is 10.1 Å². The average Bonchev–Trinajstić information content (AvgIpc) is 2.47. The summed E-state index contributed by atoms with van der Waals surface area (Å²) >= 11 is 0. The number of methoxy groups -OCH3 is 1. The lowest BCUT2D eigenvalue weighted by molar-refractivity contribution is 0.102. The number of hydrogen-bond donors (Lipinski definition) is 3. The van der Waals surface area contributed by atoms with Gasteiger partial charge in [-0.25, -0.2) is 4.39 Å². The highest BCUT2D eigenvalue weighted by atomic mass is 19.1. The summed E-state index contributed by atoms with van der Waals surface area (Å²) in [6.45, 7) is 0. The van der Waals surface area contributed by atoms with E-state index in [0.29, 0.717) is 11.4 Å². The van der Waals surface area contributed by atoms with Crippen LogP contribution in [0.1, 0.15) is 10.4 Å². The molecule has 2 rings (SSSR count). The largest absolute Gasteiger partial charge is 0.497 e. The summed E-state index contributed by atoms with van der Waals surface area (Å²) in [6.07, 6.45) is 0. The molecule has 0 aliphatic heterocycles. The Morgan fingerprint density at radius 1 is 1.19 bits per heavy atom. The molecule has 2 aromatic rings. The van der Waals surface area contributed by atoms with Gasteiger partial charge in [0.25, 0.3) is 5.91 Å². The average molecular weight is 289 g/mol. The molecule has 0 spiro atoms. The van der Waals surface area contributed by atoms with Gasteiger partial charge in [-0.2, -0.15) is 0 Å². The van der Waals surface area contributed by atoms with Crippen LogP contribution in [0.3, 0.4) is 0 Å². The van der Waals surface area contributed by atoms with Gasteiger partial charge in [0.05, 0.1) is 7.11 Å². The molecular weight excluding hydrogens is 276 g/mol. The van der Waals surface area contributed by atoms with E-state index in [1.165, 1.54) is 13.2 Å². The second-order valence-corrected chi connectivity index (χ2v) is 4.29. The van der Waals surface area contributed by atoms with Crippen LogP contribution in [0.2, 0.25) is 0 Å². The predicted molar refractivity (Wildman–Crippen MR) is 77.2 cm³/mol. The van der Waals surface area contributed by atoms with Crippen LogP contribution in [0.15, 0.2) is 42.5 Å². The first-order chi connectivity index (χ1) is 10.0. The fourth-order valence-electron chi connectivity index (χ4n) is 1.76. The van der Waals surface area contributed by atoms with Crippen LogP contribution in [0.25, 0.3) is 0 Å². The van der Waals surface area contributed by atoms with Gasteiger partial charge in [-0.05, 0) is 36.4 Å². The first-order valence-electron chi connectivity index (χ1n) is 6.12. The fraction of sp³-hybridized carbons (Fsp3) is 0.0714. The molecule has 0 aliphatic rings. The van der Waals surface area contributed by atoms with Crippen molar-refractivity contribution in [3.05, 3.63) is 53.8 Å². The predicted octanol–water partition coefficient (Wildman–Crippen LogP) is 0.766. The summed E-state index contributed by atoms with van der Waals surface area (Å²) in [4.78, 5) is 12.0. The number of benzene rings is 2. The Hall–Kier alpha value is -2.38. The van der Waals surface area contributed by atoms with Crippen LogP contribution in [0.5, 0.6) is 5.75 Å². The van der Waals surface area contributed by atoms with Gasteiger partial charge >= 0.3 is 7.12 Å². The third kappa shape index (κ3) is 3.59. The number of nitrogens with one attached hydrogen (secondary N) is 1. The van der Waals surface area contributed by atoms with Gasteiger partial charge in [-0.15, -0.1) is 0 Å². The van der Waals surface area contributed by atoms with Gasteiger partial charge in [0, 0.05) is 16.7 Å². The monoisotopic (exact) mass is 289 g/mol. The number of carbonyl (C=O) groups is 1. The molecule has 21 heavy (non-hydrogen) atoms. The minimum atomic E-state index is -1.91. The van der Waals surface area contributed by atoms with Crippen LogP contribution < -0.4 is 15.5 Å². The van der Waals surface area contributed by atoms with Gasteiger partial charge < -0.3 is 20.1 Å². The molecule has 0 heterocycles. The van der Waals surface area contributed by atoms with Gasteiger partial charge in [0.15, 0.2) is 0 Å². The molecule has 0 saturated heterocycles. The van der Waals surface area contributed by atoms with Crippen LogP contribution in [-0.4, -0.2) is 30.2 Å². The van der Waals surface area contributed by atoms with E-state index in [4.69, 9.17) is 14.8 Å². The van der Waals surface area contributed by atoms with Crippen molar-refractivity contribution in [2.24, 2.45) is 0 Å². The second-order valence-electron chi connectivity index (χ2n) is 4.29. The highest BCUT2D eigenvalue weighted by Crippen LogP contribution is 2.16. The van der Waals surface area contributed by atoms with Gasteiger partial charge in [-0.3, -0.25) is 4.79 Å². The van der Waals surface area contributed by atoms with Crippen molar-refractivity contribution in [2.75, 3.05) is 12.4 Å². The lowest BCUT2D eigenvalue weighted by atomic mass is 9.79. The van der Waals surface area contributed by atoms with Crippen molar-refractivity contribution in [3.8, 4) is 5.75 Å². The normalized spacial score (nSPS) is 10.1. The third-order valence-corrected chi connectivity index (χ3v) is 2.89. The Bertz CT molecular complexity index is 646. The summed E-state index contributed by atoms with van der Waals surface area (Å²) in [5, 5.41) is 20.4. The minimum absolute atomic E-state index is 0.0766. The number of amides is 1. The number of halogens is 1. The number of carbonyl (C=O) groups excluding carboxylic acids is 1. The maximum Gasteiger partial charge on any atom is 0.491 e. The highest BCUT2D eigenvalue weighted by molar-refractivity contribution is 6.58. The Morgan fingerprint density at radius 2 is 1.86 bits per heavy atom. The summed E-state index contributed by atoms with van der Waals surface area (Å²) in [5.74, 6) is -0.703. The summed E-state index contributed by atoms with van der Waals surface area (Å²) in [6, 6.07) is 10.1. The molecule has 0 bridgehead atoms. The Labute approximate surface area is 121 Å². The standard InChI is InChI=1S/C14H13BFNO4/c1-21-11-5-3-10(4-6-11)17-14(18)9-2-7-12(15(19)20)13(16)8-9/h2-8,19-20H,1H3,(H,17,18). The zero-order chi connectivity index (χ0) is 15.4. The van der Waals surface area contributed by atoms with Crippen molar-refractivity contribution < 1.29 is 24.0 Å². The van der Waals surface area contributed by atoms with E-state index in [1.54, 1.807) is 24.3 Å². The molecule has 108 valence electrons. The highest BCUT2D eigenvalue weighted by Gasteiger charge is 2.18. The van der Waals surface area contributed by atoms with Gasteiger partial charge in [0.2, 0.25) is 0 Å². The number of rotatable bonds is 4. The van der Waals surface area contributed by atoms with Crippen LogP contribution >= 0.6 is 0 Å². The van der Waals surface area contributed by atoms with E-state index < -0.39 is 18.8 Å². The topological polar surface area (TPSA) is 78.8 Å². The van der Waals surface area contributed by atoms with E-state index in [0.717, 1.165) is 12.1 Å². The number of ether oxygens (including phenoxy) is 1. The lowest BCUT2D eigenvalue weighted by Crippen LogP contribution is -2.33. The second kappa shape index (κ2) is 6.38. The van der Waals surface area contributed by atoms with E-state index >= 15 is 0 Å². The van der Waals surface area contributed by atoms with E-state index in [-0.39, 0.29) is 11.0 Å². The minimum Gasteiger partial charge on any atom is -0.497 e. The van der Waals surface area contributed by atoms with Crippen molar-refractivity contribution in [2.45, 2.75) is 0 Å². The number of anilines is 1. The van der Waals surface area contributed by atoms with E-state index in [9.17, 15) is 9.18 Å². The molecule has 0 atom stereocenters. The first kappa shape index (κ1) is 15.0. The number of hydrogen-bond acceptors (Lipinski definition) is 4. The molecule has 0 radical (unpaired) electrons. The van der Waals surface area contributed by atoms with Crippen LogP contribution in [-0.2, 0) is 0 Å².